The van der Waals surface area contributed by atoms with Gasteiger partial charge in [-0.3, -0.25) is 0 Å². The van der Waals surface area contributed by atoms with E-state index in [1.807, 2.05) is 0 Å². The van der Waals surface area contributed by atoms with Crippen LogP contribution in [0.25, 0.3) is 0 Å². The predicted octanol–water partition coefficient (Wildman–Crippen LogP) is 2.61. The van der Waals surface area contributed by atoms with Crippen LogP contribution in [0.1, 0.15) is 32.3 Å². The summed E-state index contributed by atoms with van der Waals surface area (Å²) in [4.78, 5) is 0. The van der Waals surface area contributed by atoms with E-state index in [2.05, 4.69) is 49.5 Å². The first-order valence-electron chi connectivity index (χ1n) is 7.12. The quantitative estimate of drug-likeness (QED) is 0.776. The fourth-order valence-corrected chi connectivity index (χ4v) is 2.28. The minimum Gasteiger partial charge on any atom is -0.392 e. The summed E-state index contributed by atoms with van der Waals surface area (Å²) < 4.78 is 0. The van der Waals surface area contributed by atoms with Crippen molar-refractivity contribution >= 4 is 0 Å². The summed E-state index contributed by atoms with van der Waals surface area (Å²) in [6.07, 6.45) is 3.52. The molecule has 1 aliphatic rings. The van der Waals surface area contributed by atoms with Gasteiger partial charge in [0.15, 0.2) is 0 Å². The normalized spacial score (nSPS) is 18.9. The maximum atomic E-state index is 9.88. The van der Waals surface area contributed by atoms with Gasteiger partial charge in [-0.25, -0.2) is 0 Å². The molecule has 0 aliphatic heterocycles. The standard InChI is InChI=1S/C16H25NO/c1-12(2)16(18)11-17-15(14-8-9-14)10-13-6-4-3-5-7-13/h3-7,12,14-18H,8-11H2,1-2H3. The van der Waals surface area contributed by atoms with Crippen molar-refractivity contribution in [1.29, 1.82) is 0 Å². The molecule has 2 N–H and O–H groups in total. The van der Waals surface area contributed by atoms with Crippen molar-refractivity contribution in [3.8, 4) is 0 Å². The fraction of sp³-hybridized carbons (Fsp3) is 0.625. The number of aliphatic hydroxyl groups excluding tert-OH is 1. The summed E-state index contributed by atoms with van der Waals surface area (Å²) in [5.41, 5.74) is 1.39. The molecule has 100 valence electrons. The molecule has 1 aromatic rings. The molecule has 18 heavy (non-hydrogen) atoms. The Morgan fingerprint density at radius 3 is 2.44 bits per heavy atom. The van der Waals surface area contributed by atoms with Crippen LogP contribution in [0.15, 0.2) is 30.3 Å². The molecule has 0 radical (unpaired) electrons. The first-order valence-corrected chi connectivity index (χ1v) is 7.12. The third-order valence-electron chi connectivity index (χ3n) is 3.85. The maximum Gasteiger partial charge on any atom is 0.0687 e. The Morgan fingerprint density at radius 2 is 1.89 bits per heavy atom. The minimum atomic E-state index is -0.234. The van der Waals surface area contributed by atoms with Crippen LogP contribution in [0, 0.1) is 11.8 Å². The maximum absolute atomic E-state index is 9.88. The van der Waals surface area contributed by atoms with Crippen LogP contribution >= 0.6 is 0 Å². The Bertz CT molecular complexity index is 345. The molecule has 1 fully saturated rings. The molecule has 0 bridgehead atoms. The van der Waals surface area contributed by atoms with Crippen molar-refractivity contribution < 1.29 is 5.11 Å². The second kappa shape index (κ2) is 6.35. The molecule has 2 unspecified atom stereocenters. The molecule has 0 amide bonds. The summed E-state index contributed by atoms with van der Waals surface area (Å²) in [6, 6.07) is 11.2. The highest BCUT2D eigenvalue weighted by atomic mass is 16.3. The van der Waals surface area contributed by atoms with Gasteiger partial charge in [-0.2, -0.15) is 0 Å². The minimum absolute atomic E-state index is 0.234. The van der Waals surface area contributed by atoms with Crippen LogP contribution in [0.2, 0.25) is 0 Å². The van der Waals surface area contributed by atoms with Gasteiger partial charge in [0.1, 0.15) is 0 Å². The molecule has 2 atom stereocenters. The third-order valence-corrected chi connectivity index (χ3v) is 3.85. The van der Waals surface area contributed by atoms with Gasteiger partial charge in [0.2, 0.25) is 0 Å². The SMILES string of the molecule is CC(C)C(O)CNC(Cc1ccccc1)C1CC1. The van der Waals surface area contributed by atoms with Gasteiger partial charge < -0.3 is 10.4 Å². The summed E-state index contributed by atoms with van der Waals surface area (Å²) in [6.45, 7) is 4.84. The topological polar surface area (TPSA) is 32.3 Å². The Labute approximate surface area is 110 Å². The zero-order valence-electron chi connectivity index (χ0n) is 11.5. The van der Waals surface area contributed by atoms with Crippen LogP contribution < -0.4 is 5.32 Å². The lowest BCUT2D eigenvalue weighted by atomic mass is 10.0. The van der Waals surface area contributed by atoms with Gasteiger partial charge in [0.05, 0.1) is 6.10 Å². The van der Waals surface area contributed by atoms with Crippen molar-refractivity contribution in [3.63, 3.8) is 0 Å². The average Bonchev–Trinajstić information content (AvgIpc) is 3.19. The summed E-state index contributed by atoms with van der Waals surface area (Å²) in [7, 11) is 0. The monoisotopic (exact) mass is 247 g/mol. The smallest absolute Gasteiger partial charge is 0.0687 e. The molecule has 2 nitrogen and oxygen atoms in total. The third kappa shape index (κ3) is 4.11. The van der Waals surface area contributed by atoms with Crippen molar-refractivity contribution in [1.82, 2.24) is 5.32 Å². The van der Waals surface area contributed by atoms with Crippen LogP contribution in [0.3, 0.4) is 0 Å². The highest BCUT2D eigenvalue weighted by Gasteiger charge is 2.31. The van der Waals surface area contributed by atoms with Crippen LogP contribution in [0.5, 0.6) is 0 Å². The molecule has 2 rings (SSSR count). The number of aliphatic hydroxyl groups is 1. The van der Waals surface area contributed by atoms with Crippen LogP contribution in [-0.2, 0) is 6.42 Å². The Morgan fingerprint density at radius 1 is 1.22 bits per heavy atom. The van der Waals surface area contributed by atoms with Gasteiger partial charge in [-0.1, -0.05) is 44.2 Å². The van der Waals surface area contributed by atoms with Gasteiger partial charge in [0.25, 0.3) is 0 Å². The largest absolute Gasteiger partial charge is 0.392 e. The first-order chi connectivity index (χ1) is 8.66. The van der Waals surface area contributed by atoms with E-state index < -0.39 is 0 Å². The summed E-state index contributed by atoms with van der Waals surface area (Å²) in [5.74, 6) is 1.14. The molecule has 1 aromatic carbocycles. The number of benzene rings is 1. The molecule has 0 saturated heterocycles. The van der Waals surface area contributed by atoms with E-state index in [1.54, 1.807) is 0 Å². The molecule has 1 aliphatic carbocycles. The summed E-state index contributed by atoms with van der Waals surface area (Å²) >= 11 is 0. The zero-order valence-corrected chi connectivity index (χ0v) is 11.5. The van der Waals surface area contributed by atoms with Gasteiger partial charge in [0, 0.05) is 12.6 Å². The van der Waals surface area contributed by atoms with Crippen LogP contribution in [0.4, 0.5) is 0 Å². The van der Waals surface area contributed by atoms with E-state index in [0.717, 1.165) is 12.3 Å². The van der Waals surface area contributed by atoms with Crippen molar-refractivity contribution in [3.05, 3.63) is 35.9 Å². The van der Waals surface area contributed by atoms with Crippen molar-refractivity contribution in [2.24, 2.45) is 11.8 Å². The van der Waals surface area contributed by atoms with Crippen molar-refractivity contribution in [2.45, 2.75) is 45.3 Å². The second-order valence-electron chi connectivity index (χ2n) is 5.85. The van der Waals surface area contributed by atoms with E-state index in [4.69, 9.17) is 0 Å². The molecule has 0 heterocycles. The summed E-state index contributed by atoms with van der Waals surface area (Å²) in [5, 5.41) is 13.4. The number of hydrogen-bond donors (Lipinski definition) is 2. The molecule has 0 aromatic heterocycles. The first kappa shape index (κ1) is 13.6. The molecule has 0 spiro atoms. The van der Waals surface area contributed by atoms with Crippen LogP contribution in [-0.4, -0.2) is 23.8 Å². The number of hydrogen-bond acceptors (Lipinski definition) is 2. The molecular weight excluding hydrogens is 222 g/mol. The highest BCUT2D eigenvalue weighted by molar-refractivity contribution is 5.16. The lowest BCUT2D eigenvalue weighted by Crippen LogP contribution is -2.40. The molecule has 2 heteroatoms. The van der Waals surface area contributed by atoms with E-state index in [1.165, 1.54) is 18.4 Å². The predicted molar refractivity (Wildman–Crippen MR) is 75.5 cm³/mol. The van der Waals surface area contributed by atoms with E-state index in [-0.39, 0.29) is 6.10 Å². The Balaban J connectivity index is 1.85. The van der Waals surface area contributed by atoms with Gasteiger partial charge >= 0.3 is 0 Å². The lowest BCUT2D eigenvalue weighted by Gasteiger charge is -2.22. The van der Waals surface area contributed by atoms with Gasteiger partial charge in [-0.05, 0) is 36.7 Å². The number of nitrogens with one attached hydrogen (secondary N) is 1. The Hall–Kier alpha value is -0.860. The fourth-order valence-electron chi connectivity index (χ4n) is 2.28. The highest BCUT2D eigenvalue weighted by Crippen LogP contribution is 2.34. The average molecular weight is 247 g/mol. The van der Waals surface area contributed by atoms with E-state index in [0.29, 0.717) is 18.5 Å². The van der Waals surface area contributed by atoms with Crippen molar-refractivity contribution in [2.75, 3.05) is 6.54 Å². The zero-order chi connectivity index (χ0) is 13.0. The Kier molecular flexibility index (Phi) is 4.79. The second-order valence-corrected chi connectivity index (χ2v) is 5.85. The molecule has 1 saturated carbocycles. The molecular formula is C16H25NO. The van der Waals surface area contributed by atoms with E-state index >= 15 is 0 Å². The van der Waals surface area contributed by atoms with Gasteiger partial charge in [-0.15, -0.1) is 0 Å². The number of rotatable bonds is 7. The lowest BCUT2D eigenvalue weighted by molar-refractivity contribution is 0.119. The van der Waals surface area contributed by atoms with E-state index in [9.17, 15) is 5.11 Å².